The molecule has 7 nitrogen and oxygen atoms in total. The van der Waals surface area contributed by atoms with Crippen molar-refractivity contribution in [2.24, 2.45) is 0 Å². The molecule has 28 heavy (non-hydrogen) atoms. The first-order chi connectivity index (χ1) is 13.5. The van der Waals surface area contributed by atoms with Crippen molar-refractivity contribution in [3.8, 4) is 11.8 Å². The summed E-state index contributed by atoms with van der Waals surface area (Å²) in [6.45, 7) is 1.72. The first-order valence-corrected chi connectivity index (χ1v) is 9.21. The predicted octanol–water partition coefficient (Wildman–Crippen LogP) is 3.95. The van der Waals surface area contributed by atoms with Gasteiger partial charge in [0, 0.05) is 0 Å². The van der Waals surface area contributed by atoms with Gasteiger partial charge in [0.1, 0.15) is 17.6 Å². The topological polar surface area (TPSA) is 101 Å². The molecule has 1 heterocycles. The highest BCUT2D eigenvalue weighted by molar-refractivity contribution is 7.99. The lowest BCUT2D eigenvalue weighted by Crippen LogP contribution is -2.14. The molecular weight excluding hydrogens is 383 g/mol. The molecule has 1 N–H and O–H groups in total. The van der Waals surface area contributed by atoms with Gasteiger partial charge in [-0.15, -0.1) is 10.2 Å². The second-order valence-corrected chi connectivity index (χ2v) is 6.54. The number of rotatable bonds is 7. The summed E-state index contributed by atoms with van der Waals surface area (Å²) >= 11 is 1.07. The Morgan fingerprint density at radius 1 is 1.29 bits per heavy atom. The predicted molar refractivity (Wildman–Crippen MR) is 100 cm³/mol. The van der Waals surface area contributed by atoms with Gasteiger partial charge in [0.05, 0.1) is 17.0 Å². The smallest absolute Gasteiger partial charge is 0.277 e. The average Bonchev–Trinajstić information content (AvgIpc) is 3.18. The van der Waals surface area contributed by atoms with E-state index in [4.69, 9.17) is 14.4 Å². The second kappa shape index (κ2) is 9.01. The van der Waals surface area contributed by atoms with Crippen molar-refractivity contribution in [1.82, 2.24) is 10.2 Å². The van der Waals surface area contributed by atoms with Gasteiger partial charge in [-0.3, -0.25) is 4.79 Å². The minimum Gasteiger partial charge on any atom is -0.481 e. The van der Waals surface area contributed by atoms with E-state index in [1.165, 1.54) is 24.3 Å². The average molecular weight is 398 g/mol. The Hall–Kier alpha value is -3.38. The monoisotopic (exact) mass is 398 g/mol. The fourth-order valence-corrected chi connectivity index (χ4v) is 2.78. The van der Waals surface area contributed by atoms with Gasteiger partial charge in [0.15, 0.2) is 6.10 Å². The highest BCUT2D eigenvalue weighted by Crippen LogP contribution is 2.24. The number of nitriles is 1. The summed E-state index contributed by atoms with van der Waals surface area (Å²) < 4.78 is 24.0. The zero-order valence-corrected chi connectivity index (χ0v) is 15.6. The molecule has 0 bridgehead atoms. The van der Waals surface area contributed by atoms with E-state index in [0.29, 0.717) is 17.0 Å². The number of thioether (sulfide) groups is 1. The van der Waals surface area contributed by atoms with Crippen LogP contribution in [-0.2, 0) is 4.79 Å². The molecular formula is C19H15FN4O3S. The van der Waals surface area contributed by atoms with Crippen LogP contribution in [-0.4, -0.2) is 21.9 Å². The number of hydrogen-bond acceptors (Lipinski definition) is 7. The molecule has 3 aromatic rings. The highest BCUT2D eigenvalue weighted by atomic mass is 32.2. The number of aromatic nitrogens is 2. The number of carbonyl (C=O) groups excluding carboxylic acids is 1. The van der Waals surface area contributed by atoms with Crippen molar-refractivity contribution in [1.29, 1.82) is 5.26 Å². The molecule has 0 radical (unpaired) electrons. The maximum atomic E-state index is 12.9. The molecule has 0 fully saturated rings. The van der Waals surface area contributed by atoms with Crippen LogP contribution in [0.1, 0.15) is 24.5 Å². The molecule has 1 atom stereocenters. The summed E-state index contributed by atoms with van der Waals surface area (Å²) in [5.74, 6) is 0.0864. The van der Waals surface area contributed by atoms with Gasteiger partial charge in [-0.05, 0) is 43.3 Å². The summed E-state index contributed by atoms with van der Waals surface area (Å²) in [5, 5.41) is 19.7. The number of carbonyl (C=O) groups is 1. The van der Waals surface area contributed by atoms with Crippen LogP contribution in [0.15, 0.2) is 58.2 Å². The van der Waals surface area contributed by atoms with E-state index in [0.717, 1.165) is 11.8 Å². The van der Waals surface area contributed by atoms with E-state index in [9.17, 15) is 9.18 Å². The minimum absolute atomic E-state index is 0.0363. The van der Waals surface area contributed by atoms with E-state index >= 15 is 0 Å². The molecule has 0 saturated heterocycles. The number of ether oxygens (including phenoxy) is 1. The molecule has 1 aromatic heterocycles. The molecule has 9 heteroatoms. The maximum Gasteiger partial charge on any atom is 0.277 e. The number of anilines is 1. The van der Waals surface area contributed by atoms with E-state index in [2.05, 4.69) is 15.5 Å². The molecule has 0 aliphatic heterocycles. The largest absolute Gasteiger partial charge is 0.481 e. The van der Waals surface area contributed by atoms with E-state index in [1.54, 1.807) is 31.2 Å². The fourth-order valence-electron chi connectivity index (χ4n) is 2.21. The van der Waals surface area contributed by atoms with Gasteiger partial charge in [0.25, 0.3) is 11.1 Å². The quantitative estimate of drug-likeness (QED) is 0.601. The number of halogens is 1. The van der Waals surface area contributed by atoms with Crippen LogP contribution in [0.3, 0.4) is 0 Å². The van der Waals surface area contributed by atoms with Crippen LogP contribution in [0, 0.1) is 17.1 Å². The van der Waals surface area contributed by atoms with Crippen LogP contribution in [0.5, 0.6) is 5.75 Å². The number of nitrogens with one attached hydrogen (secondary N) is 1. The molecule has 0 unspecified atom stereocenters. The van der Waals surface area contributed by atoms with Gasteiger partial charge in [-0.1, -0.05) is 23.9 Å². The number of para-hydroxylation sites is 1. The van der Waals surface area contributed by atoms with Crippen LogP contribution in [0.25, 0.3) is 0 Å². The van der Waals surface area contributed by atoms with E-state index < -0.39 is 6.10 Å². The second-order valence-electron chi connectivity index (χ2n) is 5.61. The van der Waals surface area contributed by atoms with Crippen molar-refractivity contribution in [3.05, 3.63) is 65.8 Å². The molecule has 1 amide bonds. The van der Waals surface area contributed by atoms with Crippen LogP contribution in [0.2, 0.25) is 0 Å². The van der Waals surface area contributed by atoms with Gasteiger partial charge < -0.3 is 14.5 Å². The summed E-state index contributed by atoms with van der Waals surface area (Å²) in [5.41, 5.74) is 0.829. The summed E-state index contributed by atoms with van der Waals surface area (Å²) in [4.78, 5) is 12.1. The number of hydrogen-bond donors (Lipinski definition) is 1. The number of nitrogens with zero attached hydrogens (tertiary/aromatic N) is 3. The molecule has 142 valence electrons. The van der Waals surface area contributed by atoms with Crippen molar-refractivity contribution in [2.45, 2.75) is 18.3 Å². The lowest BCUT2D eigenvalue weighted by molar-refractivity contribution is -0.113. The lowest BCUT2D eigenvalue weighted by atomic mass is 10.2. The normalized spacial score (nSPS) is 11.5. The Morgan fingerprint density at radius 2 is 2.04 bits per heavy atom. The molecule has 0 spiro atoms. The van der Waals surface area contributed by atoms with Gasteiger partial charge in [-0.25, -0.2) is 4.39 Å². The standard InChI is InChI=1S/C19H15FN4O3S/c1-12(26-15-8-6-14(20)7-9-15)18-23-24-19(27-18)28-11-17(25)22-16-5-3-2-4-13(16)10-21/h2-9,12H,11H2,1H3,(H,22,25)/t12-/m0/s1. The summed E-state index contributed by atoms with van der Waals surface area (Å²) in [6.07, 6.45) is -0.538. The van der Waals surface area contributed by atoms with Gasteiger partial charge in [0.2, 0.25) is 5.91 Å². The third kappa shape index (κ3) is 5.08. The third-order valence-corrected chi connectivity index (χ3v) is 4.36. The van der Waals surface area contributed by atoms with Crippen LogP contribution >= 0.6 is 11.8 Å². The van der Waals surface area contributed by atoms with Crippen molar-refractivity contribution >= 4 is 23.4 Å². The Labute approximate surface area is 164 Å². The highest BCUT2D eigenvalue weighted by Gasteiger charge is 2.17. The Balaban J connectivity index is 1.53. The molecule has 2 aromatic carbocycles. The maximum absolute atomic E-state index is 12.9. The molecule has 0 saturated carbocycles. The van der Waals surface area contributed by atoms with Gasteiger partial charge >= 0.3 is 0 Å². The van der Waals surface area contributed by atoms with Crippen LogP contribution < -0.4 is 10.1 Å². The first-order valence-electron chi connectivity index (χ1n) is 8.22. The Kier molecular flexibility index (Phi) is 6.24. The third-order valence-electron chi connectivity index (χ3n) is 3.54. The zero-order valence-electron chi connectivity index (χ0n) is 14.8. The summed E-state index contributed by atoms with van der Waals surface area (Å²) in [7, 11) is 0. The van der Waals surface area contributed by atoms with Gasteiger partial charge in [-0.2, -0.15) is 5.26 Å². The zero-order chi connectivity index (χ0) is 19.9. The summed E-state index contributed by atoms with van der Waals surface area (Å²) in [6, 6.07) is 14.3. The Bertz CT molecular complexity index is 1000. The minimum atomic E-state index is -0.538. The number of amides is 1. The van der Waals surface area contributed by atoms with Crippen LogP contribution in [0.4, 0.5) is 10.1 Å². The fraction of sp³-hybridized carbons (Fsp3) is 0.158. The first kappa shape index (κ1) is 19.4. The lowest BCUT2D eigenvalue weighted by Gasteiger charge is -2.10. The Morgan fingerprint density at radius 3 is 2.79 bits per heavy atom. The van der Waals surface area contributed by atoms with E-state index in [1.807, 2.05) is 6.07 Å². The van der Waals surface area contributed by atoms with E-state index in [-0.39, 0.29) is 28.6 Å². The number of benzene rings is 2. The van der Waals surface area contributed by atoms with Crippen molar-refractivity contribution in [2.75, 3.05) is 11.1 Å². The molecule has 0 aliphatic rings. The molecule has 0 aliphatic carbocycles. The SMILES string of the molecule is C[C@H](Oc1ccc(F)cc1)c1nnc(SCC(=O)Nc2ccccc2C#N)o1. The molecule has 3 rings (SSSR count). The van der Waals surface area contributed by atoms with Crippen molar-refractivity contribution < 1.29 is 18.3 Å². The van der Waals surface area contributed by atoms with Crippen molar-refractivity contribution in [3.63, 3.8) is 0 Å².